The molecular formula is C16H16O3S. The summed E-state index contributed by atoms with van der Waals surface area (Å²) in [5, 5.41) is 0. The third kappa shape index (κ3) is 3.27. The summed E-state index contributed by atoms with van der Waals surface area (Å²) < 4.78 is 9.89. The van der Waals surface area contributed by atoms with Gasteiger partial charge in [0.2, 0.25) is 0 Å². The van der Waals surface area contributed by atoms with Crippen LogP contribution in [-0.2, 0) is 9.53 Å². The van der Waals surface area contributed by atoms with Gasteiger partial charge >= 0.3 is 5.97 Å². The highest BCUT2D eigenvalue weighted by Gasteiger charge is 2.10. The Labute approximate surface area is 122 Å². The van der Waals surface area contributed by atoms with E-state index in [1.165, 1.54) is 18.1 Å². The van der Waals surface area contributed by atoms with Gasteiger partial charge in [-0.15, -0.1) is 11.3 Å². The van der Waals surface area contributed by atoms with Crippen molar-refractivity contribution in [3.63, 3.8) is 0 Å². The highest BCUT2D eigenvalue weighted by molar-refractivity contribution is 7.13. The molecule has 0 saturated carbocycles. The molecule has 0 atom stereocenters. The van der Waals surface area contributed by atoms with Gasteiger partial charge in [-0.05, 0) is 36.8 Å². The molecule has 1 heterocycles. The van der Waals surface area contributed by atoms with Gasteiger partial charge in [0.1, 0.15) is 5.75 Å². The molecule has 0 aliphatic rings. The van der Waals surface area contributed by atoms with E-state index in [4.69, 9.17) is 9.47 Å². The largest absolute Gasteiger partial charge is 0.497 e. The Morgan fingerprint density at radius 3 is 2.30 bits per heavy atom. The summed E-state index contributed by atoms with van der Waals surface area (Å²) in [6.07, 6.45) is 1.52. The van der Waals surface area contributed by atoms with Crippen LogP contribution in [0.15, 0.2) is 42.5 Å². The van der Waals surface area contributed by atoms with Gasteiger partial charge in [0.05, 0.1) is 14.2 Å². The Kier molecular flexibility index (Phi) is 4.58. The van der Waals surface area contributed by atoms with E-state index >= 15 is 0 Å². The van der Waals surface area contributed by atoms with E-state index < -0.39 is 0 Å². The SMILES string of the molecule is COC(=O)/C=C(\c1ccc(OC)cc1)c1ccc(C)s1. The number of methoxy groups -OCH3 is 2. The Balaban J connectivity index is 2.45. The number of hydrogen-bond acceptors (Lipinski definition) is 4. The molecule has 20 heavy (non-hydrogen) atoms. The highest BCUT2D eigenvalue weighted by Crippen LogP contribution is 2.30. The second-order valence-corrected chi connectivity index (χ2v) is 5.51. The summed E-state index contributed by atoms with van der Waals surface area (Å²) in [5.41, 5.74) is 1.82. The summed E-state index contributed by atoms with van der Waals surface area (Å²) in [6.45, 7) is 2.04. The fraction of sp³-hybridized carbons (Fsp3) is 0.188. The number of thiophene rings is 1. The Morgan fingerprint density at radius 2 is 1.80 bits per heavy atom. The number of aryl methyl sites for hydroxylation is 1. The minimum Gasteiger partial charge on any atom is -0.497 e. The fourth-order valence-corrected chi connectivity index (χ4v) is 2.73. The van der Waals surface area contributed by atoms with Crippen LogP contribution in [0.5, 0.6) is 5.75 Å². The molecule has 0 radical (unpaired) electrons. The molecule has 3 nitrogen and oxygen atoms in total. The lowest BCUT2D eigenvalue weighted by molar-refractivity contribution is -0.134. The highest BCUT2D eigenvalue weighted by atomic mass is 32.1. The molecule has 0 amide bonds. The summed E-state index contributed by atoms with van der Waals surface area (Å²) in [4.78, 5) is 13.8. The number of carbonyl (C=O) groups excluding carboxylic acids is 1. The number of rotatable bonds is 4. The maximum Gasteiger partial charge on any atom is 0.331 e. The van der Waals surface area contributed by atoms with Crippen LogP contribution in [-0.4, -0.2) is 20.2 Å². The lowest BCUT2D eigenvalue weighted by Crippen LogP contribution is -1.97. The van der Waals surface area contributed by atoms with E-state index in [1.54, 1.807) is 18.4 Å². The van der Waals surface area contributed by atoms with Gasteiger partial charge in [-0.1, -0.05) is 12.1 Å². The average molecular weight is 288 g/mol. The topological polar surface area (TPSA) is 35.5 Å². The zero-order valence-electron chi connectivity index (χ0n) is 11.7. The van der Waals surface area contributed by atoms with E-state index in [2.05, 4.69) is 0 Å². The third-order valence-electron chi connectivity index (χ3n) is 2.87. The molecule has 0 fully saturated rings. The summed E-state index contributed by atoms with van der Waals surface area (Å²) in [6, 6.07) is 11.7. The number of esters is 1. The molecule has 0 aliphatic heterocycles. The second-order valence-electron chi connectivity index (χ2n) is 4.22. The number of hydrogen-bond donors (Lipinski definition) is 0. The maximum atomic E-state index is 11.6. The second kappa shape index (κ2) is 6.39. The van der Waals surface area contributed by atoms with Crippen LogP contribution >= 0.6 is 11.3 Å². The Morgan fingerprint density at radius 1 is 1.10 bits per heavy atom. The monoisotopic (exact) mass is 288 g/mol. The normalized spacial score (nSPS) is 11.2. The molecule has 1 aromatic carbocycles. The Bertz CT molecular complexity index is 623. The van der Waals surface area contributed by atoms with Gasteiger partial charge < -0.3 is 9.47 Å². The molecule has 0 N–H and O–H groups in total. The average Bonchev–Trinajstić information content (AvgIpc) is 2.91. The lowest BCUT2D eigenvalue weighted by Gasteiger charge is -2.07. The van der Waals surface area contributed by atoms with E-state index in [9.17, 15) is 4.79 Å². The predicted octanol–water partition coefficient (Wildman–Crippen LogP) is 3.67. The van der Waals surface area contributed by atoms with Gasteiger partial charge in [0.25, 0.3) is 0 Å². The third-order valence-corrected chi connectivity index (χ3v) is 3.90. The summed E-state index contributed by atoms with van der Waals surface area (Å²) in [7, 11) is 3.01. The summed E-state index contributed by atoms with van der Waals surface area (Å²) in [5.74, 6) is 0.426. The lowest BCUT2D eigenvalue weighted by atomic mass is 10.0. The number of carbonyl (C=O) groups is 1. The van der Waals surface area contributed by atoms with E-state index in [-0.39, 0.29) is 5.97 Å². The van der Waals surface area contributed by atoms with Crippen LogP contribution in [0.1, 0.15) is 15.3 Å². The first-order valence-corrected chi connectivity index (χ1v) is 6.96. The molecule has 104 valence electrons. The first kappa shape index (κ1) is 14.3. The molecule has 0 spiro atoms. The van der Waals surface area contributed by atoms with Crippen LogP contribution in [0.3, 0.4) is 0 Å². The van der Waals surface area contributed by atoms with E-state index in [0.717, 1.165) is 21.8 Å². The summed E-state index contributed by atoms with van der Waals surface area (Å²) >= 11 is 1.65. The number of ether oxygens (including phenoxy) is 2. The van der Waals surface area contributed by atoms with Crippen LogP contribution in [0.2, 0.25) is 0 Å². The molecule has 0 aliphatic carbocycles. The van der Waals surface area contributed by atoms with E-state index in [1.807, 2.05) is 43.3 Å². The molecule has 0 bridgehead atoms. The van der Waals surface area contributed by atoms with Crippen molar-refractivity contribution in [2.45, 2.75) is 6.92 Å². The molecule has 1 aromatic heterocycles. The molecule has 0 saturated heterocycles. The predicted molar refractivity (Wildman–Crippen MR) is 81.1 cm³/mol. The first-order chi connectivity index (χ1) is 9.63. The van der Waals surface area contributed by atoms with Crippen molar-refractivity contribution in [3.8, 4) is 5.75 Å². The van der Waals surface area contributed by atoms with Crippen molar-refractivity contribution < 1.29 is 14.3 Å². The molecule has 4 heteroatoms. The maximum absolute atomic E-state index is 11.6. The van der Waals surface area contributed by atoms with Crippen LogP contribution in [0, 0.1) is 6.92 Å². The van der Waals surface area contributed by atoms with Crippen molar-refractivity contribution in [1.29, 1.82) is 0 Å². The minimum atomic E-state index is -0.359. The molecule has 2 rings (SSSR count). The van der Waals surface area contributed by atoms with Crippen LogP contribution in [0.4, 0.5) is 0 Å². The first-order valence-electron chi connectivity index (χ1n) is 6.15. The molecule has 2 aromatic rings. The van der Waals surface area contributed by atoms with Gasteiger partial charge in [-0.3, -0.25) is 0 Å². The van der Waals surface area contributed by atoms with Crippen molar-refractivity contribution in [3.05, 3.63) is 57.8 Å². The fourth-order valence-electron chi connectivity index (χ4n) is 1.82. The van der Waals surface area contributed by atoms with Gasteiger partial charge in [0.15, 0.2) is 0 Å². The van der Waals surface area contributed by atoms with E-state index in [0.29, 0.717) is 0 Å². The van der Waals surface area contributed by atoms with Crippen LogP contribution in [0.25, 0.3) is 5.57 Å². The van der Waals surface area contributed by atoms with Crippen molar-refractivity contribution in [2.24, 2.45) is 0 Å². The van der Waals surface area contributed by atoms with Crippen molar-refractivity contribution in [2.75, 3.05) is 14.2 Å². The van der Waals surface area contributed by atoms with Crippen molar-refractivity contribution >= 4 is 22.9 Å². The minimum absolute atomic E-state index is 0.359. The zero-order valence-corrected chi connectivity index (χ0v) is 12.5. The Hall–Kier alpha value is -2.07. The van der Waals surface area contributed by atoms with Crippen LogP contribution < -0.4 is 4.74 Å². The van der Waals surface area contributed by atoms with Crippen molar-refractivity contribution in [1.82, 2.24) is 0 Å². The number of benzene rings is 1. The smallest absolute Gasteiger partial charge is 0.331 e. The zero-order chi connectivity index (χ0) is 14.5. The standard InChI is InChI=1S/C16H16O3S/c1-11-4-9-15(20-11)14(10-16(17)19-3)12-5-7-13(18-2)8-6-12/h4-10H,1-3H3/b14-10+. The molecular weight excluding hydrogens is 272 g/mol. The van der Waals surface area contributed by atoms with Gasteiger partial charge in [-0.25, -0.2) is 4.79 Å². The quantitative estimate of drug-likeness (QED) is 0.636. The van der Waals surface area contributed by atoms with Gasteiger partial charge in [-0.2, -0.15) is 0 Å². The van der Waals surface area contributed by atoms with Gasteiger partial charge in [0, 0.05) is 21.4 Å². The molecule has 0 unspecified atom stereocenters.